The van der Waals surface area contributed by atoms with Gasteiger partial charge in [0.25, 0.3) is 0 Å². The van der Waals surface area contributed by atoms with Crippen LogP contribution in [0, 0.1) is 10.8 Å². The van der Waals surface area contributed by atoms with Crippen LogP contribution >= 0.6 is 0 Å². The largest absolute Gasteiger partial charge is 0.377 e. The lowest BCUT2D eigenvalue weighted by Crippen LogP contribution is -2.31. The van der Waals surface area contributed by atoms with Crippen molar-refractivity contribution in [3.05, 3.63) is 0 Å². The van der Waals surface area contributed by atoms with Crippen LogP contribution in [0.3, 0.4) is 0 Å². The maximum absolute atomic E-state index is 5.88. The van der Waals surface area contributed by atoms with E-state index in [1.54, 1.807) is 0 Å². The quantitative estimate of drug-likeness (QED) is 0.540. The first kappa shape index (κ1) is 8.55. The van der Waals surface area contributed by atoms with Gasteiger partial charge in [0, 0.05) is 0 Å². The van der Waals surface area contributed by atoms with Gasteiger partial charge in [-0.25, -0.2) is 0 Å². The van der Waals surface area contributed by atoms with Crippen LogP contribution in [0.1, 0.15) is 46.5 Å². The van der Waals surface area contributed by atoms with Gasteiger partial charge < -0.3 is 4.74 Å². The normalized spacial score (nSPS) is 33.8. The maximum Gasteiger partial charge on any atom is 0.0629 e. The van der Waals surface area contributed by atoms with Gasteiger partial charge in [0.15, 0.2) is 0 Å². The summed E-state index contributed by atoms with van der Waals surface area (Å²) in [6.07, 6.45) is 6.09. The molecule has 2 rings (SSSR count). The van der Waals surface area contributed by atoms with E-state index in [1.807, 2.05) is 0 Å². The molecule has 1 saturated heterocycles. The molecule has 1 heteroatoms. The van der Waals surface area contributed by atoms with E-state index in [9.17, 15) is 0 Å². The second-order valence-corrected chi connectivity index (χ2v) is 5.72. The number of rotatable bonds is 0. The first-order valence-corrected chi connectivity index (χ1v) is 5.14. The Morgan fingerprint density at radius 3 is 2.17 bits per heavy atom. The van der Waals surface area contributed by atoms with Crippen LogP contribution in [0.2, 0.25) is 0 Å². The van der Waals surface area contributed by atoms with E-state index in [0.717, 1.165) is 6.61 Å². The third-order valence-electron chi connectivity index (χ3n) is 3.59. The maximum atomic E-state index is 5.88. The summed E-state index contributed by atoms with van der Waals surface area (Å²) in [5.41, 5.74) is 0.969. The summed E-state index contributed by atoms with van der Waals surface area (Å²) < 4.78 is 5.88. The minimum Gasteiger partial charge on any atom is -0.377 e. The second-order valence-electron chi connectivity index (χ2n) is 5.72. The molecule has 1 aliphatic heterocycles. The molecule has 12 heavy (non-hydrogen) atoms. The Hall–Kier alpha value is -0.0400. The highest BCUT2D eigenvalue weighted by Gasteiger charge is 2.47. The summed E-state index contributed by atoms with van der Waals surface area (Å²) in [6.45, 7) is 7.90. The molecule has 70 valence electrons. The van der Waals surface area contributed by atoms with E-state index in [0.29, 0.717) is 16.9 Å². The van der Waals surface area contributed by atoms with Gasteiger partial charge in [0.2, 0.25) is 0 Å². The average Bonchev–Trinajstić information content (AvgIpc) is 2.26. The molecule has 1 atom stereocenters. The molecule has 0 aromatic carbocycles. The second kappa shape index (κ2) is 2.47. The molecule has 1 nitrogen and oxygen atoms in total. The van der Waals surface area contributed by atoms with Gasteiger partial charge in [-0.3, -0.25) is 0 Å². The van der Waals surface area contributed by atoms with Crippen molar-refractivity contribution in [3.8, 4) is 0 Å². The van der Waals surface area contributed by atoms with Crippen molar-refractivity contribution in [3.63, 3.8) is 0 Å². The minimum atomic E-state index is 0.346. The SMILES string of the molecule is CC(C)(C)C1CC2(CCC2)CO1. The zero-order chi connectivity index (χ0) is 8.82. The molecule has 2 aliphatic rings. The fourth-order valence-electron chi connectivity index (χ4n) is 2.37. The zero-order valence-corrected chi connectivity index (χ0v) is 8.52. The standard InChI is InChI=1S/C11H20O/c1-10(2,3)9-7-11(8-12-9)5-4-6-11/h9H,4-8H2,1-3H3. The Morgan fingerprint density at radius 2 is 1.92 bits per heavy atom. The van der Waals surface area contributed by atoms with Gasteiger partial charge in [-0.1, -0.05) is 27.2 Å². The van der Waals surface area contributed by atoms with E-state index in [4.69, 9.17) is 4.74 Å². The summed E-state index contributed by atoms with van der Waals surface area (Å²) in [5.74, 6) is 0. The Morgan fingerprint density at radius 1 is 1.25 bits per heavy atom. The van der Waals surface area contributed by atoms with Gasteiger partial charge in [-0.2, -0.15) is 0 Å². The molecule has 0 radical (unpaired) electrons. The fourth-order valence-corrected chi connectivity index (χ4v) is 2.37. The van der Waals surface area contributed by atoms with Gasteiger partial charge >= 0.3 is 0 Å². The van der Waals surface area contributed by atoms with Crippen molar-refractivity contribution < 1.29 is 4.74 Å². The van der Waals surface area contributed by atoms with Crippen LogP contribution < -0.4 is 0 Å². The van der Waals surface area contributed by atoms with Crippen molar-refractivity contribution in [1.82, 2.24) is 0 Å². The Kier molecular flexibility index (Phi) is 1.76. The molecule has 1 saturated carbocycles. The molecule has 0 aromatic rings. The van der Waals surface area contributed by atoms with Crippen molar-refractivity contribution in [2.45, 2.75) is 52.6 Å². The van der Waals surface area contributed by atoms with Crippen LogP contribution in [0.5, 0.6) is 0 Å². The van der Waals surface area contributed by atoms with Gasteiger partial charge in [0.1, 0.15) is 0 Å². The summed E-state index contributed by atoms with van der Waals surface area (Å²) >= 11 is 0. The van der Waals surface area contributed by atoms with E-state index >= 15 is 0 Å². The summed E-state index contributed by atoms with van der Waals surface area (Å²) in [5, 5.41) is 0. The van der Waals surface area contributed by atoms with E-state index in [2.05, 4.69) is 20.8 Å². The molecule has 0 bridgehead atoms. The first-order chi connectivity index (χ1) is 5.52. The molecule has 0 N–H and O–H groups in total. The van der Waals surface area contributed by atoms with Crippen LogP contribution in [-0.4, -0.2) is 12.7 Å². The van der Waals surface area contributed by atoms with Crippen LogP contribution in [0.4, 0.5) is 0 Å². The fraction of sp³-hybridized carbons (Fsp3) is 1.00. The summed E-state index contributed by atoms with van der Waals surface area (Å²) in [6, 6.07) is 0. The van der Waals surface area contributed by atoms with E-state index in [1.165, 1.54) is 25.7 Å². The molecule has 2 fully saturated rings. The molecule has 1 spiro atoms. The molecule has 0 aromatic heterocycles. The van der Waals surface area contributed by atoms with E-state index < -0.39 is 0 Å². The monoisotopic (exact) mass is 168 g/mol. The predicted molar refractivity (Wildman–Crippen MR) is 50.1 cm³/mol. The number of hydrogen-bond acceptors (Lipinski definition) is 1. The lowest BCUT2D eigenvalue weighted by Gasteiger charge is -2.37. The number of hydrogen-bond donors (Lipinski definition) is 0. The summed E-state index contributed by atoms with van der Waals surface area (Å²) in [7, 11) is 0. The lowest BCUT2D eigenvalue weighted by molar-refractivity contribution is 0.0195. The Balaban J connectivity index is 1.98. The predicted octanol–water partition coefficient (Wildman–Crippen LogP) is 2.99. The molecular formula is C11H20O. The van der Waals surface area contributed by atoms with Gasteiger partial charge in [-0.15, -0.1) is 0 Å². The molecule has 1 aliphatic carbocycles. The number of ether oxygens (including phenoxy) is 1. The molecular weight excluding hydrogens is 148 g/mol. The van der Waals surface area contributed by atoms with Crippen LogP contribution in [0.15, 0.2) is 0 Å². The molecule has 0 amide bonds. The van der Waals surface area contributed by atoms with Gasteiger partial charge in [-0.05, 0) is 30.1 Å². The van der Waals surface area contributed by atoms with Crippen molar-refractivity contribution in [1.29, 1.82) is 0 Å². The van der Waals surface area contributed by atoms with Gasteiger partial charge in [0.05, 0.1) is 12.7 Å². The highest BCUT2D eigenvalue weighted by molar-refractivity contribution is 4.96. The molecule has 1 unspecified atom stereocenters. The smallest absolute Gasteiger partial charge is 0.0629 e. The minimum absolute atomic E-state index is 0.346. The van der Waals surface area contributed by atoms with Crippen molar-refractivity contribution >= 4 is 0 Å². The highest BCUT2D eigenvalue weighted by atomic mass is 16.5. The lowest BCUT2D eigenvalue weighted by atomic mass is 9.66. The van der Waals surface area contributed by atoms with Crippen molar-refractivity contribution in [2.24, 2.45) is 10.8 Å². The summed E-state index contributed by atoms with van der Waals surface area (Å²) in [4.78, 5) is 0. The van der Waals surface area contributed by atoms with E-state index in [-0.39, 0.29) is 0 Å². The first-order valence-electron chi connectivity index (χ1n) is 5.14. The third-order valence-corrected chi connectivity index (χ3v) is 3.59. The zero-order valence-electron chi connectivity index (χ0n) is 8.52. The molecule has 1 heterocycles. The van der Waals surface area contributed by atoms with Crippen LogP contribution in [0.25, 0.3) is 0 Å². The average molecular weight is 168 g/mol. The highest BCUT2D eigenvalue weighted by Crippen LogP contribution is 2.51. The Labute approximate surface area is 75.5 Å². The van der Waals surface area contributed by atoms with Crippen LogP contribution in [-0.2, 0) is 4.74 Å². The third kappa shape index (κ3) is 1.28. The topological polar surface area (TPSA) is 9.23 Å². The Bertz CT molecular complexity index is 174. The van der Waals surface area contributed by atoms with Crippen molar-refractivity contribution in [2.75, 3.05) is 6.61 Å².